The van der Waals surface area contributed by atoms with Crippen LogP contribution in [0.1, 0.15) is 45.8 Å². The molecule has 0 aliphatic heterocycles. The molecule has 2 aromatic rings. The Morgan fingerprint density at radius 2 is 1.77 bits per heavy atom. The van der Waals surface area contributed by atoms with E-state index in [1.807, 2.05) is 58.0 Å². The molecule has 0 N–H and O–H groups in total. The van der Waals surface area contributed by atoms with Crippen LogP contribution >= 0.6 is 0 Å². The predicted octanol–water partition coefficient (Wildman–Crippen LogP) is 3.59. The van der Waals surface area contributed by atoms with Crippen molar-refractivity contribution in [3.05, 3.63) is 58.4 Å². The number of ether oxygens (including phenoxy) is 2. The van der Waals surface area contributed by atoms with Gasteiger partial charge in [0.25, 0.3) is 0 Å². The molecule has 0 bridgehead atoms. The Bertz CT molecular complexity index is 774. The Morgan fingerprint density at radius 1 is 1.12 bits per heavy atom. The average Bonchev–Trinajstić information content (AvgIpc) is 2.89. The van der Waals surface area contributed by atoms with E-state index in [2.05, 4.69) is 4.57 Å². The van der Waals surface area contributed by atoms with E-state index in [1.54, 1.807) is 7.11 Å². The van der Waals surface area contributed by atoms with Crippen LogP contribution in [0, 0.1) is 20.8 Å². The monoisotopic (exact) mass is 357 g/mol. The minimum absolute atomic E-state index is 0.130. The molecule has 140 valence electrons. The van der Waals surface area contributed by atoms with Gasteiger partial charge in [0.15, 0.2) is 6.61 Å². The van der Waals surface area contributed by atoms with Crippen LogP contribution < -0.4 is 0 Å². The lowest BCUT2D eigenvalue weighted by molar-refractivity contribution is -0.141. The van der Waals surface area contributed by atoms with Gasteiger partial charge in [0.2, 0.25) is 5.78 Å². The number of carbonyl (C=O) groups excluding carboxylic acids is 2. The summed E-state index contributed by atoms with van der Waals surface area (Å²) in [5.74, 6) is -0.588. The SMILES string of the molecule is COCC(C)n1c(C)cc(C(=O)COC(=O)Cc2ccc(C)cc2)c1C. The lowest BCUT2D eigenvalue weighted by Gasteiger charge is -2.17. The Morgan fingerprint density at radius 3 is 2.38 bits per heavy atom. The molecular formula is C21H27NO4. The van der Waals surface area contributed by atoms with Crippen molar-refractivity contribution >= 4 is 11.8 Å². The van der Waals surface area contributed by atoms with Crippen LogP contribution in [0.4, 0.5) is 0 Å². The van der Waals surface area contributed by atoms with E-state index in [0.717, 1.165) is 22.5 Å². The maximum atomic E-state index is 12.5. The third kappa shape index (κ3) is 4.82. The fourth-order valence-electron chi connectivity index (χ4n) is 3.20. The van der Waals surface area contributed by atoms with Crippen LogP contribution in [0.3, 0.4) is 0 Å². The number of aromatic nitrogens is 1. The number of esters is 1. The van der Waals surface area contributed by atoms with E-state index in [0.29, 0.717) is 12.2 Å². The molecule has 0 saturated carbocycles. The van der Waals surface area contributed by atoms with Gasteiger partial charge in [0, 0.05) is 24.1 Å². The lowest BCUT2D eigenvalue weighted by Crippen LogP contribution is -2.17. The first kappa shape index (κ1) is 19.9. The van der Waals surface area contributed by atoms with Gasteiger partial charge < -0.3 is 14.0 Å². The van der Waals surface area contributed by atoms with Crippen molar-refractivity contribution in [3.63, 3.8) is 0 Å². The van der Waals surface area contributed by atoms with E-state index in [1.165, 1.54) is 0 Å². The summed E-state index contributed by atoms with van der Waals surface area (Å²) >= 11 is 0. The number of ketones is 1. The van der Waals surface area contributed by atoms with Crippen molar-refractivity contribution < 1.29 is 19.1 Å². The maximum absolute atomic E-state index is 12.5. The Kier molecular flexibility index (Phi) is 6.75. The number of hydrogen-bond acceptors (Lipinski definition) is 4. The normalized spacial score (nSPS) is 12.0. The molecule has 1 atom stereocenters. The van der Waals surface area contributed by atoms with Crippen molar-refractivity contribution in [1.82, 2.24) is 4.57 Å². The minimum atomic E-state index is -0.399. The summed E-state index contributed by atoms with van der Waals surface area (Å²) in [5, 5.41) is 0. The standard InChI is InChI=1S/C21H27NO4/c1-14-6-8-18(9-7-14)11-21(24)26-13-20(23)19-10-15(2)22(17(19)4)16(3)12-25-5/h6-10,16H,11-13H2,1-5H3. The second-order valence-corrected chi connectivity index (χ2v) is 6.71. The van der Waals surface area contributed by atoms with E-state index in [9.17, 15) is 9.59 Å². The molecule has 0 amide bonds. The molecule has 1 unspecified atom stereocenters. The number of rotatable bonds is 8. The van der Waals surface area contributed by atoms with Crippen LogP contribution in [0.15, 0.2) is 30.3 Å². The van der Waals surface area contributed by atoms with Gasteiger partial charge >= 0.3 is 5.97 Å². The zero-order valence-corrected chi connectivity index (χ0v) is 16.2. The van der Waals surface area contributed by atoms with Gasteiger partial charge in [-0.1, -0.05) is 29.8 Å². The van der Waals surface area contributed by atoms with Crippen molar-refractivity contribution in [3.8, 4) is 0 Å². The zero-order valence-electron chi connectivity index (χ0n) is 16.2. The highest BCUT2D eigenvalue weighted by atomic mass is 16.5. The summed E-state index contributed by atoms with van der Waals surface area (Å²) in [6, 6.07) is 9.66. The van der Waals surface area contributed by atoms with Gasteiger partial charge in [-0.3, -0.25) is 9.59 Å². The first-order valence-electron chi connectivity index (χ1n) is 8.75. The van der Waals surface area contributed by atoms with E-state index in [-0.39, 0.29) is 24.9 Å². The number of hydrogen-bond donors (Lipinski definition) is 0. The Balaban J connectivity index is 1.98. The molecular weight excluding hydrogens is 330 g/mol. The molecule has 1 aromatic heterocycles. The molecule has 1 heterocycles. The fraction of sp³-hybridized carbons (Fsp3) is 0.429. The highest BCUT2D eigenvalue weighted by molar-refractivity contribution is 5.99. The number of methoxy groups -OCH3 is 1. The van der Waals surface area contributed by atoms with Crippen molar-refractivity contribution in [2.75, 3.05) is 20.3 Å². The third-order valence-corrected chi connectivity index (χ3v) is 4.47. The summed E-state index contributed by atoms with van der Waals surface area (Å²) in [5.41, 5.74) is 4.46. The molecule has 0 aliphatic rings. The molecule has 0 aliphatic carbocycles. The maximum Gasteiger partial charge on any atom is 0.310 e. The fourth-order valence-corrected chi connectivity index (χ4v) is 3.20. The number of nitrogens with zero attached hydrogens (tertiary/aromatic N) is 1. The van der Waals surface area contributed by atoms with Crippen molar-refractivity contribution in [1.29, 1.82) is 0 Å². The summed E-state index contributed by atoms with van der Waals surface area (Å²) in [6.45, 7) is 8.22. The molecule has 0 fully saturated rings. The largest absolute Gasteiger partial charge is 0.457 e. The summed E-state index contributed by atoms with van der Waals surface area (Å²) in [6.07, 6.45) is 0.164. The lowest BCUT2D eigenvalue weighted by atomic mass is 10.1. The van der Waals surface area contributed by atoms with Crippen LogP contribution in [0.25, 0.3) is 0 Å². The van der Waals surface area contributed by atoms with Crippen LogP contribution in [-0.4, -0.2) is 36.6 Å². The second-order valence-electron chi connectivity index (χ2n) is 6.71. The molecule has 5 nitrogen and oxygen atoms in total. The topological polar surface area (TPSA) is 57.5 Å². The van der Waals surface area contributed by atoms with Crippen molar-refractivity contribution in [2.45, 2.75) is 40.2 Å². The highest BCUT2D eigenvalue weighted by Gasteiger charge is 2.19. The Hall–Kier alpha value is -2.40. The van der Waals surface area contributed by atoms with E-state index < -0.39 is 5.97 Å². The van der Waals surface area contributed by atoms with Crippen LogP contribution in [0.2, 0.25) is 0 Å². The molecule has 1 aromatic carbocycles. The second kappa shape index (κ2) is 8.81. The number of benzene rings is 1. The molecule has 0 radical (unpaired) electrons. The number of aryl methyl sites for hydroxylation is 2. The van der Waals surface area contributed by atoms with Gasteiger partial charge in [-0.05, 0) is 39.3 Å². The summed E-state index contributed by atoms with van der Waals surface area (Å²) < 4.78 is 12.5. The number of Topliss-reactive ketones (excluding diaryl/α,β-unsaturated/α-hetero) is 1. The third-order valence-electron chi connectivity index (χ3n) is 4.47. The summed E-state index contributed by atoms with van der Waals surface area (Å²) in [4.78, 5) is 24.5. The average molecular weight is 357 g/mol. The quantitative estimate of drug-likeness (QED) is 0.535. The summed E-state index contributed by atoms with van der Waals surface area (Å²) in [7, 11) is 1.66. The van der Waals surface area contributed by atoms with Gasteiger partial charge in [-0.15, -0.1) is 0 Å². The molecule has 0 saturated heterocycles. The van der Waals surface area contributed by atoms with E-state index >= 15 is 0 Å². The van der Waals surface area contributed by atoms with Crippen LogP contribution in [0.5, 0.6) is 0 Å². The molecule has 0 spiro atoms. The minimum Gasteiger partial charge on any atom is -0.457 e. The zero-order chi connectivity index (χ0) is 19.3. The van der Waals surface area contributed by atoms with Gasteiger partial charge in [0.05, 0.1) is 19.1 Å². The van der Waals surface area contributed by atoms with Gasteiger partial charge in [-0.25, -0.2) is 0 Å². The highest BCUT2D eigenvalue weighted by Crippen LogP contribution is 2.21. The Labute approximate surface area is 154 Å². The van der Waals surface area contributed by atoms with E-state index in [4.69, 9.17) is 9.47 Å². The molecule has 26 heavy (non-hydrogen) atoms. The van der Waals surface area contributed by atoms with Crippen molar-refractivity contribution in [2.24, 2.45) is 0 Å². The molecule has 2 rings (SSSR count). The first-order chi connectivity index (χ1) is 12.3. The van der Waals surface area contributed by atoms with Gasteiger partial charge in [0.1, 0.15) is 0 Å². The predicted molar refractivity (Wildman–Crippen MR) is 101 cm³/mol. The first-order valence-corrected chi connectivity index (χ1v) is 8.75. The van der Waals surface area contributed by atoms with Crippen LogP contribution in [-0.2, 0) is 20.7 Å². The molecule has 5 heteroatoms. The smallest absolute Gasteiger partial charge is 0.310 e. The number of carbonyl (C=O) groups is 2. The van der Waals surface area contributed by atoms with Gasteiger partial charge in [-0.2, -0.15) is 0 Å².